The molecule has 1 aliphatic heterocycles. The Hall–Kier alpha value is -1.21. The van der Waals surface area contributed by atoms with Gasteiger partial charge < -0.3 is 4.90 Å². The van der Waals surface area contributed by atoms with E-state index in [0.29, 0.717) is 0 Å². The maximum Gasteiger partial charge on any atom is 0.211 e. The lowest BCUT2D eigenvalue weighted by Crippen LogP contribution is -2.45. The maximum atomic E-state index is 11.5. The lowest BCUT2D eigenvalue weighted by Gasteiger charge is -2.36. The lowest BCUT2D eigenvalue weighted by molar-refractivity contribution is 0.313. The Morgan fingerprint density at radius 3 is 2.47 bits per heavy atom. The van der Waals surface area contributed by atoms with Crippen molar-refractivity contribution in [1.82, 2.24) is 14.3 Å². The molecule has 0 spiro atoms. The standard InChI is InChI=1S/C12H20N4O2S/c1-10-8-13-9-12(14-10)16-6-4-11(5-7-16)15(2)19(3,17)18/h8-9,11H,4-7H2,1-3H3. The smallest absolute Gasteiger partial charge is 0.211 e. The molecule has 0 aromatic carbocycles. The van der Waals surface area contributed by atoms with Crippen molar-refractivity contribution >= 4 is 15.8 Å². The van der Waals surface area contributed by atoms with E-state index in [-0.39, 0.29) is 6.04 Å². The van der Waals surface area contributed by atoms with Gasteiger partial charge in [0, 0.05) is 32.4 Å². The average molecular weight is 284 g/mol. The van der Waals surface area contributed by atoms with Gasteiger partial charge in [-0.05, 0) is 19.8 Å². The van der Waals surface area contributed by atoms with Gasteiger partial charge in [-0.1, -0.05) is 0 Å². The molecule has 1 aromatic heterocycles. The molecule has 19 heavy (non-hydrogen) atoms. The number of aryl methyl sites for hydroxylation is 1. The first kappa shape index (κ1) is 14.2. The van der Waals surface area contributed by atoms with Crippen LogP contribution in [-0.2, 0) is 10.0 Å². The zero-order chi connectivity index (χ0) is 14.0. The molecule has 0 aliphatic carbocycles. The SMILES string of the molecule is Cc1cncc(N2CCC(N(C)S(C)(=O)=O)CC2)n1. The number of rotatable bonds is 3. The van der Waals surface area contributed by atoms with Gasteiger partial charge in [-0.25, -0.2) is 17.7 Å². The topological polar surface area (TPSA) is 66.4 Å². The average Bonchev–Trinajstić information content (AvgIpc) is 2.37. The number of sulfonamides is 1. The van der Waals surface area contributed by atoms with E-state index in [1.54, 1.807) is 19.4 Å². The van der Waals surface area contributed by atoms with Crippen molar-refractivity contribution in [2.24, 2.45) is 0 Å². The van der Waals surface area contributed by atoms with E-state index in [4.69, 9.17) is 0 Å². The number of aromatic nitrogens is 2. The molecule has 2 heterocycles. The zero-order valence-electron chi connectivity index (χ0n) is 11.6. The van der Waals surface area contributed by atoms with Crippen molar-refractivity contribution < 1.29 is 8.42 Å². The van der Waals surface area contributed by atoms with Gasteiger partial charge in [0.1, 0.15) is 5.82 Å². The summed E-state index contributed by atoms with van der Waals surface area (Å²) in [7, 11) is -1.45. The Bertz CT molecular complexity index is 538. The minimum Gasteiger partial charge on any atom is -0.355 e. The second kappa shape index (κ2) is 5.42. The molecule has 0 bridgehead atoms. The van der Waals surface area contributed by atoms with E-state index >= 15 is 0 Å². The highest BCUT2D eigenvalue weighted by Crippen LogP contribution is 2.21. The van der Waals surface area contributed by atoms with Crippen LogP contribution in [0.2, 0.25) is 0 Å². The van der Waals surface area contributed by atoms with Crippen LogP contribution in [0, 0.1) is 6.92 Å². The number of hydrogen-bond donors (Lipinski definition) is 0. The highest BCUT2D eigenvalue weighted by molar-refractivity contribution is 7.88. The maximum absolute atomic E-state index is 11.5. The second-order valence-electron chi connectivity index (χ2n) is 5.02. The van der Waals surface area contributed by atoms with E-state index in [1.165, 1.54) is 10.6 Å². The molecular formula is C12H20N4O2S. The third-order valence-electron chi connectivity index (χ3n) is 3.57. The summed E-state index contributed by atoms with van der Waals surface area (Å²) in [5.41, 5.74) is 0.896. The molecule has 0 saturated carbocycles. The largest absolute Gasteiger partial charge is 0.355 e. The van der Waals surface area contributed by atoms with Gasteiger partial charge in [-0.15, -0.1) is 0 Å². The highest BCUT2D eigenvalue weighted by atomic mass is 32.2. The first-order valence-corrected chi connectivity index (χ1v) is 8.19. The quantitative estimate of drug-likeness (QED) is 0.815. The molecule has 2 rings (SSSR count). The third-order valence-corrected chi connectivity index (χ3v) is 4.91. The van der Waals surface area contributed by atoms with Crippen molar-refractivity contribution in [2.75, 3.05) is 31.3 Å². The molecule has 0 N–H and O–H groups in total. The van der Waals surface area contributed by atoms with Crippen molar-refractivity contribution in [1.29, 1.82) is 0 Å². The first-order valence-electron chi connectivity index (χ1n) is 6.34. The van der Waals surface area contributed by atoms with Crippen LogP contribution in [0.1, 0.15) is 18.5 Å². The van der Waals surface area contributed by atoms with E-state index in [2.05, 4.69) is 14.9 Å². The Kier molecular flexibility index (Phi) is 4.05. The summed E-state index contributed by atoms with van der Waals surface area (Å²) in [5.74, 6) is 0.875. The van der Waals surface area contributed by atoms with Crippen molar-refractivity contribution in [3.63, 3.8) is 0 Å². The van der Waals surface area contributed by atoms with Crippen LogP contribution in [0.25, 0.3) is 0 Å². The molecule has 0 radical (unpaired) electrons. The summed E-state index contributed by atoms with van der Waals surface area (Å²) in [6.07, 6.45) is 6.38. The minimum atomic E-state index is -3.10. The van der Waals surface area contributed by atoms with E-state index in [9.17, 15) is 8.42 Å². The molecule has 1 aromatic rings. The Balaban J connectivity index is 2.00. The number of hydrogen-bond acceptors (Lipinski definition) is 5. The summed E-state index contributed by atoms with van der Waals surface area (Å²) < 4.78 is 24.5. The van der Waals surface area contributed by atoms with Gasteiger partial charge in [0.2, 0.25) is 10.0 Å². The van der Waals surface area contributed by atoms with Crippen LogP contribution in [0.15, 0.2) is 12.4 Å². The normalized spacial score (nSPS) is 18.0. The summed E-state index contributed by atoms with van der Waals surface area (Å²) in [6, 6.07) is 0.0871. The Morgan fingerprint density at radius 2 is 1.95 bits per heavy atom. The molecule has 0 unspecified atom stereocenters. The predicted molar refractivity (Wildman–Crippen MR) is 74.6 cm³/mol. The predicted octanol–water partition coefficient (Wildman–Crippen LogP) is 0.645. The number of piperidine rings is 1. The summed E-state index contributed by atoms with van der Waals surface area (Å²) in [6.45, 7) is 3.53. The van der Waals surface area contributed by atoms with Crippen LogP contribution >= 0.6 is 0 Å². The van der Waals surface area contributed by atoms with Crippen LogP contribution in [-0.4, -0.2) is 55.1 Å². The van der Waals surface area contributed by atoms with Crippen molar-refractivity contribution in [3.8, 4) is 0 Å². The molecule has 1 saturated heterocycles. The monoisotopic (exact) mass is 284 g/mol. The second-order valence-corrected chi connectivity index (χ2v) is 7.06. The third kappa shape index (κ3) is 3.42. The zero-order valence-corrected chi connectivity index (χ0v) is 12.4. The summed E-state index contributed by atoms with van der Waals surface area (Å²) in [4.78, 5) is 10.7. The molecule has 1 fully saturated rings. The fraction of sp³-hybridized carbons (Fsp3) is 0.667. The van der Waals surface area contributed by atoms with E-state index < -0.39 is 10.0 Å². The lowest BCUT2D eigenvalue weighted by atomic mass is 10.1. The molecule has 6 nitrogen and oxygen atoms in total. The van der Waals surface area contributed by atoms with Gasteiger partial charge in [0.25, 0.3) is 0 Å². The van der Waals surface area contributed by atoms with Gasteiger partial charge in [-0.3, -0.25) is 4.98 Å². The number of anilines is 1. The molecular weight excluding hydrogens is 264 g/mol. The summed E-state index contributed by atoms with van der Waals surface area (Å²) >= 11 is 0. The summed E-state index contributed by atoms with van der Waals surface area (Å²) in [5, 5.41) is 0. The van der Waals surface area contributed by atoms with Crippen LogP contribution in [0.5, 0.6) is 0 Å². The van der Waals surface area contributed by atoms with Crippen molar-refractivity contribution in [3.05, 3.63) is 18.1 Å². The van der Waals surface area contributed by atoms with E-state index in [1.807, 2.05) is 6.92 Å². The van der Waals surface area contributed by atoms with Gasteiger partial charge in [-0.2, -0.15) is 0 Å². The van der Waals surface area contributed by atoms with Crippen molar-refractivity contribution in [2.45, 2.75) is 25.8 Å². The minimum absolute atomic E-state index is 0.0871. The van der Waals surface area contributed by atoms with Crippen LogP contribution in [0.4, 0.5) is 5.82 Å². The van der Waals surface area contributed by atoms with E-state index in [0.717, 1.165) is 37.4 Å². The van der Waals surface area contributed by atoms with Crippen LogP contribution in [0.3, 0.4) is 0 Å². The fourth-order valence-electron chi connectivity index (χ4n) is 2.33. The molecule has 7 heteroatoms. The highest BCUT2D eigenvalue weighted by Gasteiger charge is 2.27. The fourth-order valence-corrected chi connectivity index (χ4v) is 3.08. The van der Waals surface area contributed by atoms with Gasteiger partial charge in [0.15, 0.2) is 0 Å². The molecule has 0 atom stereocenters. The molecule has 1 aliphatic rings. The molecule has 106 valence electrons. The van der Waals surface area contributed by atoms with Crippen LogP contribution < -0.4 is 4.90 Å². The number of nitrogens with zero attached hydrogens (tertiary/aromatic N) is 4. The first-order chi connectivity index (χ1) is 8.88. The van der Waals surface area contributed by atoms with Gasteiger partial charge >= 0.3 is 0 Å². The molecule has 0 amide bonds. The Morgan fingerprint density at radius 1 is 1.32 bits per heavy atom. The Labute approximate surface area is 114 Å². The van der Waals surface area contributed by atoms with Gasteiger partial charge in [0.05, 0.1) is 18.1 Å².